The Balaban J connectivity index is 1.72. The summed E-state index contributed by atoms with van der Waals surface area (Å²) in [6.07, 6.45) is -1.22. The summed E-state index contributed by atoms with van der Waals surface area (Å²) in [4.78, 5) is 51.4. The van der Waals surface area contributed by atoms with Crippen LogP contribution in [0.3, 0.4) is 0 Å². The summed E-state index contributed by atoms with van der Waals surface area (Å²) in [7, 11) is 0. The highest BCUT2D eigenvalue weighted by Gasteiger charge is 2.24. The van der Waals surface area contributed by atoms with E-state index in [-0.39, 0.29) is 46.1 Å². The molecule has 0 spiro atoms. The molecule has 2 aromatic carbocycles. The number of aliphatic imine (C=N–C) groups is 1. The first-order valence-electron chi connectivity index (χ1n) is 10.9. The number of hydrogen-bond donors (Lipinski definition) is 7. The Hall–Kier alpha value is -3.76. The van der Waals surface area contributed by atoms with Crippen molar-refractivity contribution in [3.8, 4) is 5.75 Å². The number of nitrogens with zero attached hydrogens (tertiary/aromatic N) is 2. The molecule has 2 atom stereocenters. The number of non-ortho nitro benzene ring substituents is 1. The van der Waals surface area contributed by atoms with Crippen LogP contribution in [0.4, 0.5) is 11.4 Å². The number of phenols is 1. The normalized spacial score (nSPS) is 15.4. The largest absolute Gasteiger partial charge is 0.506 e. The van der Waals surface area contributed by atoms with E-state index in [1.165, 1.54) is 18.2 Å². The van der Waals surface area contributed by atoms with Crippen LogP contribution in [-0.4, -0.2) is 69.7 Å². The van der Waals surface area contributed by atoms with Gasteiger partial charge in [-0.15, -0.1) is 0 Å². The number of aliphatic carboxylic acids is 1. The number of benzene rings is 2. The number of β-amino-alcohol motifs (C(OH)–C–C–N with tert-alkyl or cyclic N) is 1. The van der Waals surface area contributed by atoms with E-state index in [9.17, 15) is 39.8 Å². The Morgan fingerprint density at radius 1 is 1.21 bits per heavy atom. The molecule has 2 aromatic rings. The number of halogens is 2. The van der Waals surface area contributed by atoms with Crippen LogP contribution in [0.15, 0.2) is 44.3 Å². The molecule has 2 amide bonds. The Morgan fingerprint density at radius 3 is 2.58 bits per heavy atom. The highest BCUT2D eigenvalue weighted by Crippen LogP contribution is 2.36. The summed E-state index contributed by atoms with van der Waals surface area (Å²) < 4.78 is 0.802. The van der Waals surface area contributed by atoms with Gasteiger partial charge in [-0.3, -0.25) is 29.5 Å². The number of nitrogens with one attached hydrogen (secondary N) is 4. The molecule has 1 aliphatic rings. The second-order valence-electron chi connectivity index (χ2n) is 8.10. The predicted octanol–water partition coefficient (Wildman–Crippen LogP) is 1.62. The molecule has 0 bridgehead atoms. The predicted molar refractivity (Wildman–Crippen MR) is 142 cm³/mol. The number of rotatable bonds is 9. The van der Waals surface area contributed by atoms with Gasteiger partial charge in [0.25, 0.3) is 11.6 Å². The summed E-state index contributed by atoms with van der Waals surface area (Å²) in [5.74, 6) is -2.80. The van der Waals surface area contributed by atoms with Crippen molar-refractivity contribution in [3.63, 3.8) is 0 Å². The fourth-order valence-electron chi connectivity index (χ4n) is 3.44. The molecule has 0 saturated heterocycles. The van der Waals surface area contributed by atoms with Gasteiger partial charge in [0, 0.05) is 40.0 Å². The molecule has 202 valence electrons. The second kappa shape index (κ2) is 12.7. The zero-order valence-electron chi connectivity index (χ0n) is 19.4. The van der Waals surface area contributed by atoms with Gasteiger partial charge < -0.3 is 36.6 Å². The van der Waals surface area contributed by atoms with Gasteiger partial charge in [-0.1, -0.05) is 15.9 Å². The smallest absolute Gasteiger partial charge is 0.305 e. The van der Waals surface area contributed by atoms with Gasteiger partial charge in [-0.2, -0.15) is 0 Å². The van der Waals surface area contributed by atoms with Gasteiger partial charge in [-0.05, 0) is 34.1 Å². The summed E-state index contributed by atoms with van der Waals surface area (Å²) in [5, 5.41) is 50.9. The van der Waals surface area contributed by atoms with Crippen LogP contribution in [0.1, 0.15) is 28.4 Å². The second-order valence-corrected chi connectivity index (χ2v) is 9.87. The molecule has 0 fully saturated rings. The number of nitro benzene ring substituents is 1. The molecule has 16 heteroatoms. The molecule has 1 unspecified atom stereocenters. The molecular weight excluding hydrogens is 636 g/mol. The summed E-state index contributed by atoms with van der Waals surface area (Å²) in [6.45, 7) is -0.229. The van der Waals surface area contributed by atoms with Crippen molar-refractivity contribution in [1.82, 2.24) is 16.0 Å². The van der Waals surface area contributed by atoms with Crippen LogP contribution in [0, 0.1) is 10.1 Å². The number of carboxylic acid groups (broad SMARTS) is 1. The number of aromatic hydroxyl groups is 1. The average Bonchev–Trinajstić information content (AvgIpc) is 2.85. The first kappa shape index (κ1) is 28.8. The highest BCUT2D eigenvalue weighted by molar-refractivity contribution is 9.11. The SMILES string of the molecule is O=C(O)C[C@@H](NC(=O)CNC(=O)c1cc(NC2=NCC(O)CN2)cc([N+](=O)[O-])c1)c1cc(Br)cc(Br)c1O. The number of anilines is 1. The minimum atomic E-state index is -1.24. The maximum absolute atomic E-state index is 12.7. The van der Waals surface area contributed by atoms with Crippen molar-refractivity contribution in [3.05, 3.63) is 60.5 Å². The fraction of sp³-hybridized carbons (Fsp3) is 0.273. The van der Waals surface area contributed by atoms with Crippen LogP contribution in [-0.2, 0) is 9.59 Å². The maximum atomic E-state index is 12.7. The number of hydrogen-bond acceptors (Lipinski definition) is 10. The van der Waals surface area contributed by atoms with Crippen molar-refractivity contribution >= 4 is 67.0 Å². The minimum absolute atomic E-state index is 0.124. The number of guanidine groups is 1. The minimum Gasteiger partial charge on any atom is -0.506 e. The number of phenolic OH excluding ortho intramolecular Hbond substituents is 1. The first-order valence-corrected chi connectivity index (χ1v) is 12.5. The number of nitro groups is 1. The lowest BCUT2D eigenvalue weighted by atomic mass is 10.0. The molecule has 0 aliphatic carbocycles. The standard InChI is InChI=1S/C22H22Br2N6O8/c23-11-3-15(20(35)16(24)4-11)17(6-19(33)34)29-18(32)9-25-21(36)10-1-12(5-13(2-10)30(37)38)28-22-26-7-14(31)8-27-22/h1-5,14,17,31,35H,6-9H2,(H,25,36)(H,29,32)(H,33,34)(H2,26,27,28)/t17-/m1/s1. The van der Waals surface area contributed by atoms with E-state index in [0.29, 0.717) is 4.47 Å². The van der Waals surface area contributed by atoms with Gasteiger partial charge in [0.05, 0.1) is 41.1 Å². The van der Waals surface area contributed by atoms with Gasteiger partial charge in [0.1, 0.15) is 5.75 Å². The number of aliphatic hydroxyl groups is 1. The van der Waals surface area contributed by atoms with Crippen LogP contribution in [0.2, 0.25) is 0 Å². The van der Waals surface area contributed by atoms with Crippen molar-refractivity contribution < 1.29 is 34.6 Å². The molecule has 38 heavy (non-hydrogen) atoms. The van der Waals surface area contributed by atoms with Crippen molar-refractivity contribution in [2.45, 2.75) is 18.6 Å². The number of aliphatic hydroxyl groups excluding tert-OH is 1. The van der Waals surface area contributed by atoms with Gasteiger partial charge in [-0.25, -0.2) is 0 Å². The molecule has 1 aliphatic heterocycles. The first-order chi connectivity index (χ1) is 17.9. The number of amides is 2. The van der Waals surface area contributed by atoms with Crippen molar-refractivity contribution in [1.29, 1.82) is 0 Å². The number of carboxylic acids is 1. The molecular formula is C22H22Br2N6O8. The number of carbonyl (C=O) groups excluding carboxylic acids is 2. The van der Waals surface area contributed by atoms with Crippen LogP contribution < -0.4 is 21.3 Å². The molecule has 0 radical (unpaired) electrons. The van der Waals surface area contributed by atoms with Gasteiger partial charge in [0.15, 0.2) is 5.96 Å². The van der Waals surface area contributed by atoms with Crippen LogP contribution >= 0.6 is 31.9 Å². The van der Waals surface area contributed by atoms with E-state index < -0.39 is 53.5 Å². The molecule has 1 heterocycles. The highest BCUT2D eigenvalue weighted by atomic mass is 79.9. The third-order valence-electron chi connectivity index (χ3n) is 5.18. The summed E-state index contributed by atoms with van der Waals surface area (Å²) >= 11 is 6.40. The zero-order chi connectivity index (χ0) is 28.0. The Bertz CT molecular complexity index is 1300. The average molecular weight is 658 g/mol. The van der Waals surface area contributed by atoms with E-state index >= 15 is 0 Å². The Labute approximate surface area is 231 Å². The Kier molecular flexibility index (Phi) is 9.60. The van der Waals surface area contributed by atoms with E-state index in [0.717, 1.165) is 6.07 Å². The monoisotopic (exact) mass is 656 g/mol. The molecule has 3 rings (SSSR count). The summed E-state index contributed by atoms with van der Waals surface area (Å²) in [6, 6.07) is 5.42. The lowest BCUT2D eigenvalue weighted by Gasteiger charge is -2.20. The van der Waals surface area contributed by atoms with E-state index in [2.05, 4.69) is 58.1 Å². The van der Waals surface area contributed by atoms with E-state index in [1.54, 1.807) is 6.07 Å². The third-order valence-corrected chi connectivity index (χ3v) is 6.24. The molecule has 0 aromatic heterocycles. The van der Waals surface area contributed by atoms with Crippen LogP contribution in [0.5, 0.6) is 5.75 Å². The number of carbonyl (C=O) groups is 3. The van der Waals surface area contributed by atoms with Crippen molar-refractivity contribution in [2.24, 2.45) is 4.99 Å². The topological polar surface area (TPSA) is 216 Å². The van der Waals surface area contributed by atoms with E-state index in [1.807, 2.05) is 0 Å². The molecule has 14 nitrogen and oxygen atoms in total. The third kappa shape index (κ3) is 7.87. The molecule has 0 saturated carbocycles. The van der Waals surface area contributed by atoms with E-state index in [4.69, 9.17) is 0 Å². The maximum Gasteiger partial charge on any atom is 0.305 e. The van der Waals surface area contributed by atoms with Gasteiger partial charge in [0.2, 0.25) is 5.91 Å². The zero-order valence-corrected chi connectivity index (χ0v) is 22.6. The quantitative estimate of drug-likeness (QED) is 0.153. The molecule has 7 N–H and O–H groups in total. The fourth-order valence-corrected chi connectivity index (χ4v) is 4.70. The lowest BCUT2D eigenvalue weighted by molar-refractivity contribution is -0.384. The summed E-state index contributed by atoms with van der Waals surface area (Å²) in [5.41, 5.74) is -0.206. The van der Waals surface area contributed by atoms with Gasteiger partial charge >= 0.3 is 5.97 Å². The Morgan fingerprint density at radius 2 is 1.95 bits per heavy atom. The van der Waals surface area contributed by atoms with Crippen molar-refractivity contribution in [2.75, 3.05) is 25.0 Å². The lowest BCUT2D eigenvalue weighted by Crippen LogP contribution is -2.42. The van der Waals surface area contributed by atoms with Crippen LogP contribution in [0.25, 0.3) is 0 Å².